The highest BCUT2D eigenvalue weighted by molar-refractivity contribution is 5.85. The van der Waals surface area contributed by atoms with E-state index in [9.17, 15) is 4.79 Å². The lowest BCUT2D eigenvalue weighted by Crippen LogP contribution is -2.08. The summed E-state index contributed by atoms with van der Waals surface area (Å²) in [6, 6.07) is 3.56. The van der Waals surface area contributed by atoms with Gasteiger partial charge < -0.3 is 9.84 Å². The Morgan fingerprint density at radius 3 is 2.43 bits per heavy atom. The first-order valence-electron chi connectivity index (χ1n) is 4.19. The van der Waals surface area contributed by atoms with E-state index >= 15 is 0 Å². The van der Waals surface area contributed by atoms with Crippen molar-refractivity contribution in [2.24, 2.45) is 0 Å². The van der Waals surface area contributed by atoms with Gasteiger partial charge in [0.25, 0.3) is 0 Å². The number of methoxy groups -OCH3 is 1. The van der Waals surface area contributed by atoms with Crippen LogP contribution in [0.4, 0.5) is 10.5 Å². The number of rotatable bonds is 2. The molecule has 0 radical (unpaired) electrons. The number of hydrogen-bond donors (Lipinski definition) is 2. The van der Waals surface area contributed by atoms with Crippen LogP contribution in [0.15, 0.2) is 12.1 Å². The highest BCUT2D eigenvalue weighted by Crippen LogP contribution is 2.27. The molecule has 0 atom stereocenters. The van der Waals surface area contributed by atoms with Crippen LogP contribution < -0.4 is 10.1 Å². The van der Waals surface area contributed by atoms with Gasteiger partial charge in [-0.2, -0.15) is 0 Å². The third-order valence-electron chi connectivity index (χ3n) is 2.06. The third-order valence-corrected chi connectivity index (χ3v) is 2.06. The van der Waals surface area contributed by atoms with Crippen molar-refractivity contribution in [2.75, 3.05) is 12.4 Å². The first-order chi connectivity index (χ1) is 6.54. The van der Waals surface area contributed by atoms with Crippen molar-refractivity contribution in [1.29, 1.82) is 0 Å². The van der Waals surface area contributed by atoms with Crippen LogP contribution in [0.1, 0.15) is 11.1 Å². The minimum atomic E-state index is -1.09. The molecule has 0 fully saturated rings. The van der Waals surface area contributed by atoms with Crippen molar-refractivity contribution in [1.82, 2.24) is 0 Å². The van der Waals surface area contributed by atoms with E-state index in [0.29, 0.717) is 11.4 Å². The molecule has 0 saturated heterocycles. The van der Waals surface area contributed by atoms with Gasteiger partial charge in [-0.25, -0.2) is 4.79 Å². The number of carbonyl (C=O) groups is 1. The van der Waals surface area contributed by atoms with Gasteiger partial charge in [0.1, 0.15) is 5.75 Å². The predicted octanol–water partition coefficient (Wildman–Crippen LogP) is 2.40. The SMILES string of the molecule is COc1cc(C)c(C)cc1NC(=O)O. The molecule has 0 aromatic heterocycles. The van der Waals surface area contributed by atoms with Crippen molar-refractivity contribution in [3.8, 4) is 5.75 Å². The van der Waals surface area contributed by atoms with Crippen molar-refractivity contribution < 1.29 is 14.6 Å². The fourth-order valence-electron chi connectivity index (χ4n) is 1.17. The Bertz CT molecular complexity index is 361. The maximum Gasteiger partial charge on any atom is 0.409 e. The van der Waals surface area contributed by atoms with Crippen LogP contribution in [0.3, 0.4) is 0 Å². The first kappa shape index (κ1) is 10.4. The number of nitrogens with one attached hydrogen (secondary N) is 1. The molecule has 1 rings (SSSR count). The molecule has 0 aliphatic carbocycles. The average Bonchev–Trinajstić information content (AvgIpc) is 2.10. The maximum atomic E-state index is 10.5. The van der Waals surface area contributed by atoms with E-state index in [1.165, 1.54) is 7.11 Å². The standard InChI is InChI=1S/C10H13NO3/c1-6-4-8(11-10(12)13)9(14-3)5-7(6)2/h4-5,11H,1-3H3,(H,12,13). The van der Waals surface area contributed by atoms with Crippen molar-refractivity contribution in [3.05, 3.63) is 23.3 Å². The lowest BCUT2D eigenvalue weighted by Gasteiger charge is -2.10. The summed E-state index contributed by atoms with van der Waals surface area (Å²) in [6.07, 6.45) is -1.09. The van der Waals surface area contributed by atoms with Crippen molar-refractivity contribution in [2.45, 2.75) is 13.8 Å². The Hall–Kier alpha value is -1.71. The van der Waals surface area contributed by atoms with Gasteiger partial charge in [0.05, 0.1) is 12.8 Å². The third kappa shape index (κ3) is 2.16. The largest absolute Gasteiger partial charge is 0.495 e. The molecule has 1 aromatic rings. The maximum absolute atomic E-state index is 10.5. The Morgan fingerprint density at radius 1 is 1.36 bits per heavy atom. The number of anilines is 1. The summed E-state index contributed by atoms with van der Waals surface area (Å²) >= 11 is 0. The van der Waals surface area contributed by atoms with E-state index in [1.54, 1.807) is 12.1 Å². The fraction of sp³-hybridized carbons (Fsp3) is 0.300. The van der Waals surface area contributed by atoms with Crippen LogP contribution in [0, 0.1) is 13.8 Å². The summed E-state index contributed by atoms with van der Waals surface area (Å²) < 4.78 is 5.06. The van der Waals surface area contributed by atoms with Gasteiger partial charge in [-0.1, -0.05) is 0 Å². The molecule has 1 amide bonds. The quantitative estimate of drug-likeness (QED) is 0.761. The molecule has 1 aromatic carbocycles. The Kier molecular flexibility index (Phi) is 2.96. The van der Waals surface area contributed by atoms with Gasteiger partial charge in [0, 0.05) is 0 Å². The van der Waals surface area contributed by atoms with Crippen LogP contribution >= 0.6 is 0 Å². The highest BCUT2D eigenvalue weighted by Gasteiger charge is 2.07. The zero-order valence-corrected chi connectivity index (χ0v) is 8.42. The Balaban J connectivity index is 3.13. The second kappa shape index (κ2) is 4.00. The predicted molar refractivity (Wildman–Crippen MR) is 54.1 cm³/mol. The summed E-state index contributed by atoms with van der Waals surface area (Å²) in [5.41, 5.74) is 2.57. The van der Waals surface area contributed by atoms with E-state index in [4.69, 9.17) is 9.84 Å². The molecular weight excluding hydrogens is 182 g/mol. The zero-order valence-electron chi connectivity index (χ0n) is 8.42. The molecule has 0 bridgehead atoms. The fourth-order valence-corrected chi connectivity index (χ4v) is 1.17. The number of ether oxygens (including phenoxy) is 1. The normalized spacial score (nSPS) is 9.64. The number of carboxylic acid groups (broad SMARTS) is 1. The van der Waals surface area contributed by atoms with E-state index in [-0.39, 0.29) is 0 Å². The number of amides is 1. The van der Waals surface area contributed by atoms with Gasteiger partial charge in [-0.3, -0.25) is 5.32 Å². The second-order valence-corrected chi connectivity index (χ2v) is 3.07. The molecule has 0 aliphatic heterocycles. The number of benzene rings is 1. The molecule has 14 heavy (non-hydrogen) atoms. The molecule has 4 heteroatoms. The van der Waals surface area contributed by atoms with Gasteiger partial charge in [-0.15, -0.1) is 0 Å². The molecule has 2 N–H and O–H groups in total. The van der Waals surface area contributed by atoms with Crippen LogP contribution in [-0.4, -0.2) is 18.3 Å². The number of hydrogen-bond acceptors (Lipinski definition) is 2. The zero-order chi connectivity index (χ0) is 10.7. The van der Waals surface area contributed by atoms with Crippen molar-refractivity contribution >= 4 is 11.8 Å². The first-order valence-corrected chi connectivity index (χ1v) is 4.19. The van der Waals surface area contributed by atoms with Gasteiger partial charge in [-0.05, 0) is 37.1 Å². The molecule has 0 heterocycles. The summed E-state index contributed by atoms with van der Waals surface area (Å²) in [4.78, 5) is 10.5. The monoisotopic (exact) mass is 195 g/mol. The summed E-state index contributed by atoms with van der Waals surface area (Å²) in [6.45, 7) is 3.87. The van der Waals surface area contributed by atoms with Crippen LogP contribution in [0.2, 0.25) is 0 Å². The molecule has 0 aliphatic rings. The van der Waals surface area contributed by atoms with E-state index in [1.807, 2.05) is 13.8 Å². The number of aryl methyl sites for hydroxylation is 2. The lowest BCUT2D eigenvalue weighted by atomic mass is 10.1. The minimum absolute atomic E-state index is 0.475. The molecule has 4 nitrogen and oxygen atoms in total. The van der Waals surface area contributed by atoms with Crippen LogP contribution in [0.25, 0.3) is 0 Å². The summed E-state index contributed by atoms with van der Waals surface area (Å²) in [5.74, 6) is 0.538. The Morgan fingerprint density at radius 2 is 1.93 bits per heavy atom. The average molecular weight is 195 g/mol. The highest BCUT2D eigenvalue weighted by atomic mass is 16.5. The smallest absolute Gasteiger partial charge is 0.409 e. The van der Waals surface area contributed by atoms with E-state index in [2.05, 4.69) is 5.32 Å². The molecule has 0 unspecified atom stereocenters. The van der Waals surface area contributed by atoms with Gasteiger partial charge in [0.2, 0.25) is 0 Å². The topological polar surface area (TPSA) is 58.6 Å². The van der Waals surface area contributed by atoms with Crippen molar-refractivity contribution in [3.63, 3.8) is 0 Å². The van der Waals surface area contributed by atoms with Gasteiger partial charge in [0.15, 0.2) is 0 Å². The van der Waals surface area contributed by atoms with Crippen LogP contribution in [0.5, 0.6) is 5.75 Å². The van der Waals surface area contributed by atoms with Crippen LogP contribution in [-0.2, 0) is 0 Å². The molecule has 0 spiro atoms. The molecular formula is C10H13NO3. The molecule has 0 saturated carbocycles. The second-order valence-electron chi connectivity index (χ2n) is 3.07. The minimum Gasteiger partial charge on any atom is -0.495 e. The van der Waals surface area contributed by atoms with Gasteiger partial charge >= 0.3 is 6.09 Å². The molecule has 76 valence electrons. The van der Waals surface area contributed by atoms with E-state index < -0.39 is 6.09 Å². The van der Waals surface area contributed by atoms with E-state index in [0.717, 1.165) is 11.1 Å². The summed E-state index contributed by atoms with van der Waals surface area (Å²) in [7, 11) is 1.51. The lowest BCUT2D eigenvalue weighted by molar-refractivity contribution is 0.209. The Labute approximate surface area is 82.5 Å². The summed E-state index contributed by atoms with van der Waals surface area (Å²) in [5, 5.41) is 10.9.